The predicted molar refractivity (Wildman–Crippen MR) is 134 cm³/mol. The van der Waals surface area contributed by atoms with Crippen LogP contribution in [-0.2, 0) is 9.59 Å². The van der Waals surface area contributed by atoms with E-state index < -0.39 is 17.7 Å². The van der Waals surface area contributed by atoms with Crippen LogP contribution in [0, 0.1) is 6.92 Å². The number of nitrogens with zero attached hydrogens (tertiary/aromatic N) is 1. The Balaban J connectivity index is 1.87. The van der Waals surface area contributed by atoms with Crippen LogP contribution in [0.3, 0.4) is 0 Å². The van der Waals surface area contributed by atoms with Crippen LogP contribution in [-0.4, -0.2) is 23.4 Å². The van der Waals surface area contributed by atoms with E-state index in [1.54, 1.807) is 24.3 Å². The minimum absolute atomic E-state index is 0.0766. The molecule has 1 unspecified atom stereocenters. The smallest absolute Gasteiger partial charge is 0.300 e. The normalized spacial score (nSPS) is 17.4. The summed E-state index contributed by atoms with van der Waals surface area (Å²) in [6, 6.07) is 21.5. The van der Waals surface area contributed by atoms with E-state index in [1.165, 1.54) is 4.90 Å². The second kappa shape index (κ2) is 9.56. The minimum Gasteiger partial charge on any atom is -0.507 e. The number of ether oxygens (including phenoxy) is 1. The number of hydrogen-bond donors (Lipinski definition) is 1. The fraction of sp³-hybridized carbons (Fsp3) is 0.241. The zero-order valence-corrected chi connectivity index (χ0v) is 19.9. The van der Waals surface area contributed by atoms with Crippen LogP contribution in [0.25, 0.3) is 5.76 Å². The molecule has 0 radical (unpaired) electrons. The molecule has 0 saturated carbocycles. The van der Waals surface area contributed by atoms with E-state index in [0.717, 1.165) is 16.7 Å². The van der Waals surface area contributed by atoms with Gasteiger partial charge in [0, 0.05) is 11.3 Å². The number of carbonyl (C=O) groups is 2. The molecule has 0 spiro atoms. The van der Waals surface area contributed by atoms with Crippen LogP contribution < -0.4 is 9.64 Å². The first-order chi connectivity index (χ1) is 16.3. The maximum atomic E-state index is 13.3. The van der Waals surface area contributed by atoms with E-state index in [9.17, 15) is 14.7 Å². The van der Waals surface area contributed by atoms with Gasteiger partial charge < -0.3 is 9.84 Å². The standard InChI is InChI=1S/C29H29NO4/c1-5-34-24-15-11-21(12-16-24)27(31)25-26(22-8-6-7-19(4)17-22)30(29(33)28(25)32)23-13-9-20(10-14-23)18(2)3/h6-18,26,31H,5H2,1-4H3/b27-25-. The summed E-state index contributed by atoms with van der Waals surface area (Å²) in [6.07, 6.45) is 0. The van der Waals surface area contributed by atoms with Crippen molar-refractivity contribution in [3.05, 3.63) is 101 Å². The second-order valence-corrected chi connectivity index (χ2v) is 8.79. The fourth-order valence-corrected chi connectivity index (χ4v) is 4.31. The SMILES string of the molecule is CCOc1ccc(/C(O)=C2/C(=O)C(=O)N(c3ccc(C(C)C)cc3)C2c2cccc(C)c2)cc1. The number of aliphatic hydroxyl groups is 1. The Morgan fingerprint density at radius 2 is 1.68 bits per heavy atom. The lowest BCUT2D eigenvalue weighted by atomic mass is 9.94. The van der Waals surface area contributed by atoms with Crippen LogP contribution in [0.1, 0.15) is 55.0 Å². The van der Waals surface area contributed by atoms with Crippen molar-refractivity contribution >= 4 is 23.1 Å². The van der Waals surface area contributed by atoms with E-state index >= 15 is 0 Å². The molecule has 174 valence electrons. The average Bonchev–Trinajstić information content (AvgIpc) is 3.10. The van der Waals surface area contributed by atoms with Crippen molar-refractivity contribution in [2.75, 3.05) is 11.5 Å². The third-order valence-corrected chi connectivity index (χ3v) is 6.08. The largest absolute Gasteiger partial charge is 0.507 e. The van der Waals surface area contributed by atoms with Gasteiger partial charge in [0.1, 0.15) is 11.5 Å². The van der Waals surface area contributed by atoms with Gasteiger partial charge in [0.25, 0.3) is 11.7 Å². The van der Waals surface area contributed by atoms with Gasteiger partial charge in [-0.15, -0.1) is 0 Å². The molecule has 5 nitrogen and oxygen atoms in total. The number of ketones is 1. The Bertz CT molecular complexity index is 1240. The van der Waals surface area contributed by atoms with Crippen LogP contribution in [0.4, 0.5) is 5.69 Å². The highest BCUT2D eigenvalue weighted by Crippen LogP contribution is 2.42. The quantitative estimate of drug-likeness (QED) is 0.275. The van der Waals surface area contributed by atoms with Gasteiger partial charge in [0.05, 0.1) is 18.2 Å². The lowest BCUT2D eigenvalue weighted by molar-refractivity contribution is -0.132. The number of rotatable bonds is 6. The Morgan fingerprint density at radius 1 is 1.00 bits per heavy atom. The van der Waals surface area contributed by atoms with Gasteiger partial charge in [-0.25, -0.2) is 0 Å². The fourth-order valence-electron chi connectivity index (χ4n) is 4.31. The van der Waals surface area contributed by atoms with E-state index in [4.69, 9.17) is 4.74 Å². The third-order valence-electron chi connectivity index (χ3n) is 6.08. The van der Waals surface area contributed by atoms with E-state index in [0.29, 0.717) is 29.5 Å². The van der Waals surface area contributed by atoms with Gasteiger partial charge in [-0.05, 0) is 67.3 Å². The Hall–Kier alpha value is -3.86. The molecule has 0 aromatic heterocycles. The number of hydrogen-bond acceptors (Lipinski definition) is 4. The Morgan fingerprint density at radius 3 is 2.26 bits per heavy atom. The van der Waals surface area contributed by atoms with Gasteiger partial charge in [-0.2, -0.15) is 0 Å². The Kier molecular flexibility index (Phi) is 6.55. The molecule has 1 heterocycles. The molecule has 0 bridgehead atoms. The van der Waals surface area contributed by atoms with Gasteiger partial charge in [0.2, 0.25) is 0 Å². The first-order valence-electron chi connectivity index (χ1n) is 11.5. The molecule has 1 aliphatic heterocycles. The molecular formula is C29H29NO4. The molecule has 0 aliphatic carbocycles. The summed E-state index contributed by atoms with van der Waals surface area (Å²) in [5.41, 5.74) is 4.05. The van der Waals surface area contributed by atoms with E-state index in [-0.39, 0.29) is 11.3 Å². The molecule has 34 heavy (non-hydrogen) atoms. The number of amides is 1. The van der Waals surface area contributed by atoms with Crippen molar-refractivity contribution in [2.24, 2.45) is 0 Å². The number of benzene rings is 3. The average molecular weight is 456 g/mol. The topological polar surface area (TPSA) is 66.8 Å². The molecular weight excluding hydrogens is 426 g/mol. The van der Waals surface area contributed by atoms with Gasteiger partial charge in [-0.1, -0.05) is 55.8 Å². The zero-order chi connectivity index (χ0) is 24.4. The summed E-state index contributed by atoms with van der Waals surface area (Å²) in [5.74, 6) is -0.548. The van der Waals surface area contributed by atoms with E-state index in [2.05, 4.69) is 13.8 Å². The van der Waals surface area contributed by atoms with Crippen molar-refractivity contribution < 1.29 is 19.4 Å². The lowest BCUT2D eigenvalue weighted by Crippen LogP contribution is -2.29. The molecule has 1 N–H and O–H groups in total. The summed E-state index contributed by atoms with van der Waals surface area (Å²) >= 11 is 0. The van der Waals surface area contributed by atoms with Crippen molar-refractivity contribution in [3.8, 4) is 5.75 Å². The third kappa shape index (κ3) is 4.34. The molecule has 1 saturated heterocycles. The maximum absolute atomic E-state index is 13.3. The molecule has 4 rings (SSSR count). The van der Waals surface area contributed by atoms with Gasteiger partial charge in [-0.3, -0.25) is 14.5 Å². The molecule has 1 aliphatic rings. The molecule has 3 aromatic rings. The summed E-state index contributed by atoms with van der Waals surface area (Å²) in [7, 11) is 0. The molecule has 1 amide bonds. The Labute approximate surface area is 200 Å². The number of carbonyl (C=O) groups excluding carboxylic acids is 2. The molecule has 3 aromatic carbocycles. The zero-order valence-electron chi connectivity index (χ0n) is 19.9. The molecule has 1 fully saturated rings. The minimum atomic E-state index is -0.739. The van der Waals surface area contributed by atoms with Crippen LogP contribution in [0.2, 0.25) is 0 Å². The monoisotopic (exact) mass is 455 g/mol. The van der Waals surface area contributed by atoms with Crippen molar-refractivity contribution in [1.82, 2.24) is 0 Å². The van der Waals surface area contributed by atoms with Gasteiger partial charge >= 0.3 is 0 Å². The van der Waals surface area contributed by atoms with Crippen LogP contribution >= 0.6 is 0 Å². The van der Waals surface area contributed by atoms with Gasteiger partial charge in [0.15, 0.2) is 0 Å². The lowest BCUT2D eigenvalue weighted by Gasteiger charge is -2.26. The van der Waals surface area contributed by atoms with Crippen molar-refractivity contribution in [3.63, 3.8) is 0 Å². The first kappa shape index (κ1) is 23.3. The van der Waals surface area contributed by atoms with Crippen LogP contribution in [0.15, 0.2) is 78.4 Å². The van der Waals surface area contributed by atoms with Crippen LogP contribution in [0.5, 0.6) is 5.75 Å². The summed E-state index contributed by atoms with van der Waals surface area (Å²) in [5, 5.41) is 11.3. The van der Waals surface area contributed by atoms with E-state index in [1.807, 2.05) is 62.4 Å². The summed E-state index contributed by atoms with van der Waals surface area (Å²) in [6.45, 7) is 8.58. The first-order valence-corrected chi connectivity index (χ1v) is 11.5. The molecule has 1 atom stereocenters. The highest BCUT2D eigenvalue weighted by Gasteiger charge is 2.47. The van der Waals surface area contributed by atoms with Crippen molar-refractivity contribution in [2.45, 2.75) is 39.7 Å². The highest BCUT2D eigenvalue weighted by atomic mass is 16.5. The molecule has 5 heteroatoms. The predicted octanol–water partition coefficient (Wildman–Crippen LogP) is 6.14. The second-order valence-electron chi connectivity index (χ2n) is 8.79. The number of aliphatic hydroxyl groups excluding tert-OH is 1. The maximum Gasteiger partial charge on any atom is 0.300 e. The summed E-state index contributed by atoms with van der Waals surface area (Å²) in [4.78, 5) is 28.1. The number of Topliss-reactive ketones (excluding diaryl/α,β-unsaturated/α-hetero) is 1. The van der Waals surface area contributed by atoms with Crippen molar-refractivity contribution in [1.29, 1.82) is 0 Å². The summed E-state index contributed by atoms with van der Waals surface area (Å²) < 4.78 is 5.48. The highest BCUT2D eigenvalue weighted by molar-refractivity contribution is 6.51. The number of anilines is 1. The number of aryl methyl sites for hydroxylation is 1.